The Morgan fingerprint density at radius 3 is 1.47 bits per heavy atom. The molecule has 19 N–H and O–H groups in total. The summed E-state index contributed by atoms with van der Waals surface area (Å²) in [5.41, 5.74) is 28.9. The lowest BCUT2D eigenvalue weighted by atomic mass is 10.0. The van der Waals surface area contributed by atoms with E-state index in [0.29, 0.717) is 5.56 Å². The lowest BCUT2D eigenvalue weighted by molar-refractivity contribution is -0.146. The fourth-order valence-corrected chi connectivity index (χ4v) is 5.73. The summed E-state index contributed by atoms with van der Waals surface area (Å²) in [5.74, 6) is -8.49. The molecule has 0 bridgehead atoms. The van der Waals surface area contributed by atoms with Crippen molar-refractivity contribution in [2.24, 2.45) is 28.7 Å². The molecule has 0 unspecified atom stereocenters. The third-order valence-corrected chi connectivity index (χ3v) is 9.00. The van der Waals surface area contributed by atoms with Crippen LogP contribution in [0.1, 0.15) is 45.1 Å². The van der Waals surface area contributed by atoms with Crippen LogP contribution >= 0.6 is 0 Å². The molecule has 24 nitrogen and oxygen atoms in total. The number of amides is 6. The summed E-state index contributed by atoms with van der Waals surface area (Å²) in [5, 5.41) is 34.5. The van der Waals surface area contributed by atoms with Gasteiger partial charge < -0.3 is 75.5 Å². The van der Waals surface area contributed by atoms with Gasteiger partial charge in [0.2, 0.25) is 35.4 Å². The number of carboxylic acids is 1. The molecule has 9 atom stereocenters. The van der Waals surface area contributed by atoms with Gasteiger partial charge in [-0.3, -0.25) is 33.3 Å². The van der Waals surface area contributed by atoms with Crippen molar-refractivity contribution < 1.29 is 61.5 Å². The average Bonchev–Trinajstić information content (AvgIpc) is 3.16. The molecule has 0 radical (unpaired) electrons. The molecule has 0 aromatic heterocycles. The number of carboxylic acid groups (broad SMARTS) is 1. The number of aliphatic hydroxyl groups excluding tert-OH is 1. The Morgan fingerprint density at radius 2 is 1.03 bits per heavy atom. The number of benzene rings is 1. The van der Waals surface area contributed by atoms with Crippen molar-refractivity contribution in [3.63, 3.8) is 0 Å². The lowest BCUT2D eigenvalue weighted by Gasteiger charge is -2.28. The number of aliphatic carboxylic acids is 1. The van der Waals surface area contributed by atoms with Crippen LogP contribution in [0, 0.1) is 0 Å². The maximum absolute atomic E-state index is 13.8. The van der Waals surface area contributed by atoms with E-state index in [1.807, 2.05) is 0 Å². The van der Waals surface area contributed by atoms with Crippen LogP contribution in [0.4, 0.5) is 0 Å². The van der Waals surface area contributed by atoms with Crippen molar-refractivity contribution >= 4 is 51.5 Å². The third kappa shape index (κ3) is 19.2. The molecule has 1 aromatic rings. The van der Waals surface area contributed by atoms with Crippen LogP contribution in [-0.2, 0) is 54.8 Å². The Kier molecular flexibility index (Phi) is 23.2. The van der Waals surface area contributed by atoms with Crippen molar-refractivity contribution in [2.75, 3.05) is 32.1 Å². The Balaban J connectivity index is 3.28. The highest BCUT2D eigenvalue weighted by Gasteiger charge is 2.36. The highest BCUT2D eigenvalue weighted by atomic mass is 32.2. The Morgan fingerprint density at radius 1 is 0.627 bits per heavy atom. The summed E-state index contributed by atoms with van der Waals surface area (Å²) in [6, 6.07) is -1.75. The van der Waals surface area contributed by atoms with Gasteiger partial charge in [0.25, 0.3) is 10.1 Å². The molecule has 0 aliphatic rings. The quantitative estimate of drug-likeness (QED) is 0.0348. The van der Waals surface area contributed by atoms with Gasteiger partial charge in [0.1, 0.15) is 30.2 Å². The molecule has 1 rings (SSSR count). The van der Waals surface area contributed by atoms with E-state index in [9.17, 15) is 52.2 Å². The zero-order chi connectivity index (χ0) is 44.9. The normalized spacial score (nSPS) is 16.0. The summed E-state index contributed by atoms with van der Waals surface area (Å²) >= 11 is 0. The van der Waals surface area contributed by atoms with Crippen molar-refractivity contribution in [3.05, 3.63) is 35.9 Å². The Bertz CT molecular complexity index is 1660. The van der Waals surface area contributed by atoms with Gasteiger partial charge in [-0.1, -0.05) is 30.3 Å². The summed E-state index contributed by atoms with van der Waals surface area (Å²) < 4.78 is 35.9. The minimum atomic E-state index is -4.65. The molecule has 25 heteroatoms. The summed E-state index contributed by atoms with van der Waals surface area (Å²) in [4.78, 5) is 91.9. The molecule has 0 heterocycles. The predicted octanol–water partition coefficient (Wildman–Crippen LogP) is -6.42. The van der Waals surface area contributed by atoms with Crippen LogP contribution in [-0.4, -0.2) is 151 Å². The number of hydrogen-bond acceptors (Lipinski definition) is 16. The fourth-order valence-electron chi connectivity index (χ4n) is 5.34. The highest BCUT2D eigenvalue weighted by Crippen LogP contribution is 2.08. The molecule has 334 valence electrons. The lowest BCUT2D eigenvalue weighted by Crippen LogP contribution is -2.62. The van der Waals surface area contributed by atoms with Gasteiger partial charge in [0.05, 0.1) is 18.2 Å². The van der Waals surface area contributed by atoms with E-state index < -0.39 is 112 Å². The standard InChI is InChI=1S/C34H59N11O13S/c1-18(46)26(44-32(51)25(16-20-6-4-3-5-7-20)43-30(49)22(9-13-36)40-28(47)21(39)8-12-35)33(52)42-23(10-14-37)29(48)41-24(11-15-38)31(50)45-27(34(53)54)19(2)58-17-59(55,56)57/h3-7,18-19,21-27,46H,8-17,35-39H2,1-2H3,(H,40,47)(H,41,48)(H,42,52)(H,43,49)(H,44,51)(H,45,50)(H,53,54)(H,55,56,57)/t18-,19-,21+,22+,23+,24+,25-,26+,27+/m1/s1. The number of aliphatic hydroxyl groups is 1. The van der Waals surface area contributed by atoms with Gasteiger partial charge in [-0.25, -0.2) is 4.79 Å². The van der Waals surface area contributed by atoms with Crippen molar-refractivity contribution in [2.45, 2.75) is 100 Å². The van der Waals surface area contributed by atoms with Gasteiger partial charge in [0, 0.05) is 6.42 Å². The second-order valence-electron chi connectivity index (χ2n) is 13.5. The molecule has 6 amide bonds. The van der Waals surface area contributed by atoms with Crippen LogP contribution in [0.15, 0.2) is 30.3 Å². The molecule has 0 aliphatic heterocycles. The topological polar surface area (TPSA) is 426 Å². The van der Waals surface area contributed by atoms with Gasteiger partial charge in [0.15, 0.2) is 12.0 Å². The first kappa shape index (κ1) is 52.2. The zero-order valence-electron chi connectivity index (χ0n) is 32.9. The summed E-state index contributed by atoms with van der Waals surface area (Å²) in [6.45, 7) is 1.98. The van der Waals surface area contributed by atoms with Crippen molar-refractivity contribution in [1.29, 1.82) is 0 Å². The molecule has 1 aromatic carbocycles. The fraction of sp³-hybridized carbons (Fsp3) is 0.618. The molecule has 0 saturated carbocycles. The van der Waals surface area contributed by atoms with E-state index in [1.165, 1.54) is 6.92 Å². The van der Waals surface area contributed by atoms with Crippen LogP contribution in [0.5, 0.6) is 0 Å². The number of rotatable bonds is 28. The van der Waals surface area contributed by atoms with E-state index in [1.54, 1.807) is 30.3 Å². The summed E-state index contributed by atoms with van der Waals surface area (Å²) in [7, 11) is -4.65. The van der Waals surface area contributed by atoms with Crippen LogP contribution < -0.4 is 60.6 Å². The van der Waals surface area contributed by atoms with Gasteiger partial charge in [-0.05, 0) is 71.3 Å². The van der Waals surface area contributed by atoms with E-state index in [-0.39, 0.29) is 58.3 Å². The third-order valence-electron chi connectivity index (χ3n) is 8.57. The van der Waals surface area contributed by atoms with E-state index >= 15 is 0 Å². The number of nitrogens with two attached hydrogens (primary N) is 5. The number of carbonyl (C=O) groups excluding carboxylic acids is 6. The predicted molar refractivity (Wildman–Crippen MR) is 211 cm³/mol. The SMILES string of the molecule is C[C@@H](O)[C@H](NC(=O)[C@@H](Cc1ccccc1)NC(=O)[C@H](CCN)NC(=O)[C@@H](N)CCN)C(=O)N[C@@H](CCN)C(=O)N[C@@H](CCN)C(=O)N[C@H](C(=O)O)[C@@H](C)OCS(=O)(=O)O. The van der Waals surface area contributed by atoms with Gasteiger partial charge in [-0.2, -0.15) is 8.42 Å². The number of hydrogen-bond donors (Lipinski definition) is 14. The maximum Gasteiger partial charge on any atom is 0.328 e. The molecule has 0 spiro atoms. The zero-order valence-corrected chi connectivity index (χ0v) is 33.7. The highest BCUT2D eigenvalue weighted by molar-refractivity contribution is 7.85. The second-order valence-corrected chi connectivity index (χ2v) is 14.9. The summed E-state index contributed by atoms with van der Waals surface area (Å²) in [6.07, 6.45) is -3.56. The average molecular weight is 862 g/mol. The van der Waals surface area contributed by atoms with Crippen molar-refractivity contribution in [3.8, 4) is 0 Å². The second kappa shape index (κ2) is 26.3. The molecule has 0 fully saturated rings. The monoisotopic (exact) mass is 861 g/mol. The molecule has 59 heavy (non-hydrogen) atoms. The molecular formula is C34H59N11O13S. The Hall–Kier alpha value is -4.86. The van der Waals surface area contributed by atoms with Crippen LogP contribution in [0.3, 0.4) is 0 Å². The number of nitrogens with one attached hydrogen (secondary N) is 6. The van der Waals surface area contributed by atoms with Crippen molar-refractivity contribution in [1.82, 2.24) is 31.9 Å². The van der Waals surface area contributed by atoms with Crippen LogP contribution in [0.25, 0.3) is 0 Å². The number of ether oxygens (including phenoxy) is 1. The molecule has 0 aliphatic carbocycles. The smallest absolute Gasteiger partial charge is 0.328 e. The first-order chi connectivity index (χ1) is 27.7. The maximum atomic E-state index is 13.8. The first-order valence-electron chi connectivity index (χ1n) is 18.6. The van der Waals surface area contributed by atoms with Crippen LogP contribution in [0.2, 0.25) is 0 Å². The Labute approximate surface area is 341 Å². The minimum Gasteiger partial charge on any atom is -0.480 e. The van der Waals surface area contributed by atoms with Gasteiger partial charge in [-0.15, -0.1) is 0 Å². The first-order valence-corrected chi connectivity index (χ1v) is 20.2. The molecule has 0 saturated heterocycles. The van der Waals surface area contributed by atoms with E-state index in [0.717, 1.165) is 6.92 Å². The van der Waals surface area contributed by atoms with E-state index in [4.69, 9.17) is 38.0 Å². The minimum absolute atomic E-state index is 0.0315. The molecular weight excluding hydrogens is 803 g/mol. The largest absolute Gasteiger partial charge is 0.480 e. The number of carbonyl (C=O) groups is 7. The van der Waals surface area contributed by atoms with E-state index in [2.05, 4.69) is 31.9 Å². The van der Waals surface area contributed by atoms with Gasteiger partial charge >= 0.3 is 5.97 Å².